The van der Waals surface area contributed by atoms with Crippen LogP contribution in [0.4, 0.5) is 4.79 Å². The van der Waals surface area contributed by atoms with Crippen LogP contribution in [-0.4, -0.2) is 40.3 Å². The van der Waals surface area contributed by atoms with Crippen LogP contribution in [0, 0.1) is 11.3 Å². The van der Waals surface area contributed by atoms with E-state index in [4.69, 9.17) is 10.00 Å². The molecule has 1 fully saturated rings. The number of amides is 2. The minimum Gasteiger partial charge on any atom is -0.435 e. The fourth-order valence-corrected chi connectivity index (χ4v) is 3.60. The Morgan fingerprint density at radius 1 is 1.19 bits per heavy atom. The lowest BCUT2D eigenvalue weighted by Gasteiger charge is -2.29. The Balaban J connectivity index is 1.79. The number of hydrogen-bond donors (Lipinski definition) is 1. The summed E-state index contributed by atoms with van der Waals surface area (Å²) in [5, 5.41) is 18.8. The Bertz CT molecular complexity index is 873. The number of likely N-dealkylation sites (tertiary alicyclic amines) is 1. The molecule has 2 amide bonds. The Morgan fingerprint density at radius 2 is 1.85 bits per heavy atom. The van der Waals surface area contributed by atoms with E-state index in [1.54, 1.807) is 6.92 Å². The van der Waals surface area contributed by atoms with Gasteiger partial charge in [-0.05, 0) is 36.8 Å². The van der Waals surface area contributed by atoms with Crippen molar-refractivity contribution >= 4 is 12.0 Å². The molecule has 3 rings (SSSR count). The van der Waals surface area contributed by atoms with Gasteiger partial charge in [0, 0.05) is 6.42 Å². The van der Waals surface area contributed by atoms with E-state index in [0.717, 1.165) is 5.56 Å². The first kappa shape index (κ1) is 18.8. The zero-order valence-corrected chi connectivity index (χ0v) is 15.0. The van der Waals surface area contributed by atoms with Gasteiger partial charge in [0.15, 0.2) is 0 Å². The van der Waals surface area contributed by atoms with Crippen LogP contribution < -0.4 is 0 Å². The molecule has 1 aliphatic rings. The topological polar surface area (TPSA) is 87.4 Å². The summed E-state index contributed by atoms with van der Waals surface area (Å²) in [6.07, 6.45) is -1.01. The number of carboxylic acid groups (broad SMARTS) is 1. The highest BCUT2D eigenvalue weighted by Gasteiger charge is 2.57. The average molecular weight is 365 g/mol. The van der Waals surface area contributed by atoms with Gasteiger partial charge in [0.2, 0.25) is 0 Å². The molecule has 1 N–H and O–H groups in total. The van der Waals surface area contributed by atoms with Crippen molar-refractivity contribution in [1.29, 1.82) is 5.26 Å². The van der Waals surface area contributed by atoms with Gasteiger partial charge in [-0.25, -0.2) is 4.79 Å². The van der Waals surface area contributed by atoms with Crippen molar-refractivity contribution in [3.05, 3.63) is 71.3 Å². The highest BCUT2D eigenvalue weighted by atomic mass is 16.5. The summed E-state index contributed by atoms with van der Waals surface area (Å²) in [4.78, 5) is 25.2. The third kappa shape index (κ3) is 3.61. The van der Waals surface area contributed by atoms with Gasteiger partial charge in [0.1, 0.15) is 18.7 Å². The Hall–Kier alpha value is -3.01. The lowest BCUT2D eigenvalue weighted by atomic mass is 10.1. The number of benzene rings is 2. The maximum atomic E-state index is 13.1. The molecule has 0 bridgehead atoms. The fourth-order valence-electron chi connectivity index (χ4n) is 3.60. The summed E-state index contributed by atoms with van der Waals surface area (Å²) in [5.74, 6) is -0.481. The Labute approximate surface area is 157 Å². The molecule has 138 valence electrons. The monoisotopic (exact) mass is 365 g/mol. The van der Waals surface area contributed by atoms with Gasteiger partial charge < -0.3 is 9.84 Å². The van der Waals surface area contributed by atoms with Crippen molar-refractivity contribution in [3.8, 4) is 6.07 Å². The number of nitrogens with zero attached hydrogens (tertiary/aromatic N) is 2. The molecule has 0 aliphatic carbocycles. The van der Waals surface area contributed by atoms with E-state index in [0.29, 0.717) is 18.6 Å². The maximum Gasteiger partial charge on any atom is 0.521 e. The van der Waals surface area contributed by atoms with E-state index >= 15 is 0 Å². The minimum absolute atomic E-state index is 0.0855. The molecule has 0 saturated carbocycles. The van der Waals surface area contributed by atoms with E-state index < -0.39 is 22.5 Å². The van der Waals surface area contributed by atoms with Crippen LogP contribution in [0.3, 0.4) is 0 Å². The molecular weight excluding hydrogens is 344 g/mol. The Kier molecular flexibility index (Phi) is 5.36. The van der Waals surface area contributed by atoms with Crippen LogP contribution >= 0.6 is 0 Å². The second-order valence-corrected chi connectivity index (χ2v) is 6.83. The van der Waals surface area contributed by atoms with E-state index in [1.165, 1.54) is 24.3 Å². The molecule has 0 radical (unpaired) electrons. The van der Waals surface area contributed by atoms with Crippen molar-refractivity contribution in [2.75, 3.05) is 6.54 Å². The molecule has 2 aromatic rings. The molecule has 1 saturated heterocycles. The summed E-state index contributed by atoms with van der Waals surface area (Å²) in [6, 6.07) is 17.3. The normalized spacial score (nSPS) is 24.3. The number of imide groups is 1. The quantitative estimate of drug-likeness (QED) is 0.837. The van der Waals surface area contributed by atoms with Crippen molar-refractivity contribution in [1.82, 2.24) is 0 Å². The number of nitriles is 1. The Morgan fingerprint density at radius 3 is 2.44 bits per heavy atom. The maximum absolute atomic E-state index is 13.1. The van der Waals surface area contributed by atoms with Crippen LogP contribution in [0.5, 0.6) is 0 Å². The molecule has 2 unspecified atom stereocenters. The largest absolute Gasteiger partial charge is 0.521 e. The molecule has 1 aliphatic heterocycles. The van der Waals surface area contributed by atoms with Gasteiger partial charge in [-0.15, -0.1) is 0 Å². The highest BCUT2D eigenvalue weighted by molar-refractivity contribution is 5.94. The molecule has 6 nitrogen and oxygen atoms in total. The zero-order chi connectivity index (χ0) is 19.4. The number of ether oxygens (including phenoxy) is 1. The van der Waals surface area contributed by atoms with Gasteiger partial charge in [0.25, 0.3) is 0 Å². The second kappa shape index (κ2) is 7.70. The van der Waals surface area contributed by atoms with Crippen molar-refractivity contribution in [2.45, 2.75) is 32.1 Å². The third-order valence-corrected chi connectivity index (χ3v) is 5.14. The molecule has 6 heteroatoms. The zero-order valence-electron chi connectivity index (χ0n) is 15.0. The van der Waals surface area contributed by atoms with Crippen molar-refractivity contribution < 1.29 is 23.9 Å². The second-order valence-electron chi connectivity index (χ2n) is 6.83. The van der Waals surface area contributed by atoms with Crippen LogP contribution in [-0.2, 0) is 11.3 Å². The summed E-state index contributed by atoms with van der Waals surface area (Å²) >= 11 is 0. The van der Waals surface area contributed by atoms with E-state index in [-0.39, 0.29) is 18.2 Å². The van der Waals surface area contributed by atoms with Gasteiger partial charge in [-0.3, -0.25) is 0 Å². The first-order chi connectivity index (χ1) is 13.0. The number of carbonyl (C=O) groups is 2. The average Bonchev–Trinajstić information content (AvgIpc) is 3.04. The molecule has 0 spiro atoms. The van der Waals surface area contributed by atoms with Crippen molar-refractivity contribution in [3.63, 3.8) is 0 Å². The molecule has 0 aromatic heterocycles. The number of carbonyl (C=O) groups excluding carboxylic acids is 1. The van der Waals surface area contributed by atoms with Gasteiger partial charge in [0.05, 0.1) is 23.8 Å². The predicted molar refractivity (Wildman–Crippen MR) is 97.7 cm³/mol. The lowest BCUT2D eigenvalue weighted by Crippen LogP contribution is -2.59. The minimum atomic E-state index is -1.18. The predicted octanol–water partition coefficient (Wildman–Crippen LogP) is 3.57. The summed E-state index contributed by atoms with van der Waals surface area (Å²) < 4.78 is 5.22. The first-order valence-electron chi connectivity index (χ1n) is 8.79. The van der Waals surface area contributed by atoms with E-state index in [9.17, 15) is 14.7 Å². The fraction of sp³-hybridized carbons (Fsp3) is 0.286. The number of quaternary nitrogens is 1. The summed E-state index contributed by atoms with van der Waals surface area (Å²) in [7, 11) is 0. The number of rotatable bonds is 4. The van der Waals surface area contributed by atoms with Gasteiger partial charge >= 0.3 is 12.0 Å². The van der Waals surface area contributed by atoms with Gasteiger partial charge in [-0.1, -0.05) is 30.3 Å². The lowest BCUT2D eigenvalue weighted by molar-refractivity contribution is -0.787. The molecule has 3 atom stereocenters. The molecule has 27 heavy (non-hydrogen) atoms. The first-order valence-corrected chi connectivity index (χ1v) is 8.79. The smallest absolute Gasteiger partial charge is 0.435 e. The van der Waals surface area contributed by atoms with Crippen LogP contribution in [0.25, 0.3) is 0 Å². The highest BCUT2D eigenvalue weighted by Crippen LogP contribution is 2.32. The molecule has 2 aromatic carbocycles. The third-order valence-electron chi connectivity index (χ3n) is 5.14. The molecule has 1 heterocycles. The summed E-state index contributed by atoms with van der Waals surface area (Å²) in [5.41, 5.74) is 1.71. The van der Waals surface area contributed by atoms with E-state index in [2.05, 4.69) is 0 Å². The van der Waals surface area contributed by atoms with Crippen LogP contribution in [0.15, 0.2) is 54.6 Å². The van der Waals surface area contributed by atoms with Crippen LogP contribution in [0.1, 0.15) is 34.8 Å². The van der Waals surface area contributed by atoms with Crippen LogP contribution in [0.2, 0.25) is 0 Å². The SMILES string of the molecule is CC1C[C@@H](OCc2ccccc2)C[N+]1(C(=O)O)C(=O)c1ccc(C#N)cc1. The molecular formula is C21H21N2O4+. The standard InChI is InChI=1S/C21H20N2O4/c1-15-11-19(27-14-17-5-3-2-4-6-17)13-23(15,21(25)26)20(24)18-9-7-16(12-22)8-10-18/h2-10,15,19H,11,13-14H2,1H3/p+1/t15?,19-,23?/m1/s1. The summed E-state index contributed by atoms with van der Waals surface area (Å²) in [6.45, 7) is 2.23. The van der Waals surface area contributed by atoms with Crippen molar-refractivity contribution in [2.24, 2.45) is 0 Å². The van der Waals surface area contributed by atoms with E-state index in [1.807, 2.05) is 36.4 Å². The number of hydrogen-bond acceptors (Lipinski definition) is 4. The van der Waals surface area contributed by atoms with Gasteiger partial charge in [-0.2, -0.15) is 14.5 Å².